The van der Waals surface area contributed by atoms with Crippen molar-refractivity contribution in [3.05, 3.63) is 60.0 Å². The first kappa shape index (κ1) is 18.4. The predicted octanol–water partition coefficient (Wildman–Crippen LogP) is 4.06. The van der Waals surface area contributed by atoms with Gasteiger partial charge in [-0.25, -0.2) is 4.79 Å². The largest absolute Gasteiger partial charge is 0.497 e. The third-order valence-electron chi connectivity index (χ3n) is 3.81. The van der Waals surface area contributed by atoms with E-state index in [0.29, 0.717) is 23.8 Å². The maximum absolute atomic E-state index is 12.3. The van der Waals surface area contributed by atoms with Gasteiger partial charge in [0.2, 0.25) is 5.89 Å². The summed E-state index contributed by atoms with van der Waals surface area (Å²) in [5.41, 5.74) is 1.17. The molecule has 0 aliphatic heterocycles. The Hall–Kier alpha value is -3.35. The summed E-state index contributed by atoms with van der Waals surface area (Å²) in [5, 5.41) is 7.98. The fourth-order valence-electron chi connectivity index (χ4n) is 2.38. The van der Waals surface area contributed by atoms with Crippen molar-refractivity contribution in [3.63, 3.8) is 0 Å². The van der Waals surface area contributed by atoms with Crippen LogP contribution in [-0.4, -0.2) is 29.9 Å². The van der Waals surface area contributed by atoms with Crippen molar-refractivity contribution < 1.29 is 23.4 Å². The normalized spacial score (nSPS) is 11.7. The number of ether oxygens (including phenoxy) is 3. The summed E-state index contributed by atoms with van der Waals surface area (Å²) in [7, 11) is 1.60. The highest BCUT2D eigenvalue weighted by Gasteiger charge is 2.20. The summed E-state index contributed by atoms with van der Waals surface area (Å²) in [6, 6.07) is 14.0. The van der Waals surface area contributed by atoms with E-state index >= 15 is 0 Å². The molecule has 0 saturated heterocycles. The van der Waals surface area contributed by atoms with Gasteiger partial charge in [-0.3, -0.25) is 0 Å². The molecule has 0 N–H and O–H groups in total. The number of esters is 1. The van der Waals surface area contributed by atoms with Gasteiger partial charge in [-0.15, -0.1) is 10.2 Å². The Morgan fingerprint density at radius 3 is 2.33 bits per heavy atom. The number of rotatable bonds is 7. The zero-order valence-electron chi connectivity index (χ0n) is 15.3. The molecule has 1 aromatic heterocycles. The lowest BCUT2D eigenvalue weighted by Crippen LogP contribution is -2.09. The molecule has 2 aromatic carbocycles. The van der Waals surface area contributed by atoms with E-state index < -0.39 is 12.1 Å². The zero-order chi connectivity index (χ0) is 19.2. The van der Waals surface area contributed by atoms with E-state index in [2.05, 4.69) is 10.2 Å². The summed E-state index contributed by atoms with van der Waals surface area (Å²) in [6.45, 7) is 4.14. The smallest absolute Gasteiger partial charge is 0.338 e. The Balaban J connectivity index is 1.66. The Morgan fingerprint density at radius 2 is 1.70 bits per heavy atom. The van der Waals surface area contributed by atoms with Crippen LogP contribution in [0.1, 0.15) is 36.2 Å². The minimum atomic E-state index is -0.677. The van der Waals surface area contributed by atoms with Crippen molar-refractivity contribution in [1.29, 1.82) is 0 Å². The molecule has 0 spiro atoms. The molecule has 3 aromatic rings. The topological polar surface area (TPSA) is 83.7 Å². The third-order valence-corrected chi connectivity index (χ3v) is 3.81. The molecule has 7 nitrogen and oxygen atoms in total. The van der Waals surface area contributed by atoms with Gasteiger partial charge in [0.25, 0.3) is 5.89 Å². The molecule has 0 bridgehead atoms. The van der Waals surface area contributed by atoms with Gasteiger partial charge in [0.15, 0.2) is 6.10 Å². The highest BCUT2D eigenvalue weighted by Crippen LogP contribution is 2.25. The van der Waals surface area contributed by atoms with Crippen LogP contribution in [0.2, 0.25) is 0 Å². The fourth-order valence-corrected chi connectivity index (χ4v) is 2.38. The lowest BCUT2D eigenvalue weighted by molar-refractivity contribution is 0.0280. The minimum Gasteiger partial charge on any atom is -0.497 e. The highest BCUT2D eigenvalue weighted by atomic mass is 16.6. The molecule has 140 valence electrons. The fraction of sp³-hybridized carbons (Fsp3) is 0.250. The molecule has 27 heavy (non-hydrogen) atoms. The number of methoxy groups -OCH3 is 1. The van der Waals surface area contributed by atoms with Crippen LogP contribution in [0.4, 0.5) is 0 Å². The van der Waals surface area contributed by atoms with E-state index in [1.807, 2.05) is 19.1 Å². The van der Waals surface area contributed by atoms with Crippen LogP contribution in [-0.2, 0) is 4.74 Å². The van der Waals surface area contributed by atoms with Crippen LogP contribution in [0.3, 0.4) is 0 Å². The molecular weight excluding hydrogens is 348 g/mol. The second-order valence-corrected chi connectivity index (χ2v) is 5.68. The zero-order valence-corrected chi connectivity index (χ0v) is 15.3. The number of hydrogen-bond donors (Lipinski definition) is 0. The van der Waals surface area contributed by atoms with Crippen molar-refractivity contribution in [2.75, 3.05) is 13.7 Å². The first-order chi connectivity index (χ1) is 13.1. The van der Waals surface area contributed by atoms with E-state index in [-0.39, 0.29) is 5.89 Å². The second-order valence-electron chi connectivity index (χ2n) is 5.68. The Kier molecular flexibility index (Phi) is 5.71. The number of aromatic nitrogens is 2. The molecule has 0 saturated carbocycles. The molecule has 1 atom stereocenters. The van der Waals surface area contributed by atoms with Crippen molar-refractivity contribution in [2.24, 2.45) is 0 Å². The van der Waals surface area contributed by atoms with Crippen LogP contribution in [0.15, 0.2) is 52.9 Å². The summed E-state index contributed by atoms with van der Waals surface area (Å²) < 4.78 is 21.5. The SMILES string of the molecule is CCOc1ccc(C(=O)O[C@H](C)c2nnc(-c3ccc(OC)cc3)o2)cc1. The number of benzene rings is 2. The number of carbonyl (C=O) groups excluding carboxylic acids is 1. The molecule has 0 aliphatic carbocycles. The van der Waals surface area contributed by atoms with Gasteiger partial charge in [0, 0.05) is 5.56 Å². The third kappa shape index (κ3) is 4.44. The van der Waals surface area contributed by atoms with Crippen molar-refractivity contribution >= 4 is 5.97 Å². The summed E-state index contributed by atoms with van der Waals surface area (Å²) in [6.07, 6.45) is -0.677. The molecule has 0 unspecified atom stereocenters. The van der Waals surface area contributed by atoms with Crippen LogP contribution < -0.4 is 9.47 Å². The molecule has 0 amide bonds. The molecule has 7 heteroatoms. The second kappa shape index (κ2) is 8.35. The van der Waals surface area contributed by atoms with Crippen molar-refractivity contribution in [3.8, 4) is 23.0 Å². The van der Waals surface area contributed by atoms with Gasteiger partial charge in [-0.05, 0) is 62.4 Å². The molecule has 3 rings (SSSR count). The van der Waals surface area contributed by atoms with Crippen LogP contribution in [0.5, 0.6) is 11.5 Å². The minimum absolute atomic E-state index is 0.222. The molecular formula is C20H20N2O5. The number of carbonyl (C=O) groups is 1. The molecule has 1 heterocycles. The van der Waals surface area contributed by atoms with E-state index in [4.69, 9.17) is 18.6 Å². The maximum atomic E-state index is 12.3. The van der Waals surface area contributed by atoms with Crippen LogP contribution in [0, 0.1) is 0 Å². The Morgan fingerprint density at radius 1 is 1.04 bits per heavy atom. The standard InChI is InChI=1S/C20H20N2O5/c1-4-25-17-11-7-15(8-12-17)20(23)26-13(2)18-21-22-19(27-18)14-5-9-16(24-3)10-6-14/h5-13H,4H2,1-3H3/t13-/m1/s1. The predicted molar refractivity (Wildman–Crippen MR) is 97.7 cm³/mol. The van der Waals surface area contributed by atoms with E-state index in [1.54, 1.807) is 50.4 Å². The van der Waals surface area contributed by atoms with Gasteiger partial charge in [-0.2, -0.15) is 0 Å². The molecule has 0 fully saturated rings. The van der Waals surface area contributed by atoms with Gasteiger partial charge >= 0.3 is 5.97 Å². The van der Waals surface area contributed by atoms with Gasteiger partial charge < -0.3 is 18.6 Å². The first-order valence-corrected chi connectivity index (χ1v) is 8.52. The average Bonchev–Trinajstić information content (AvgIpc) is 3.19. The van der Waals surface area contributed by atoms with E-state index in [0.717, 1.165) is 11.3 Å². The Labute approximate surface area is 156 Å². The van der Waals surface area contributed by atoms with Gasteiger partial charge in [-0.1, -0.05) is 0 Å². The highest BCUT2D eigenvalue weighted by molar-refractivity contribution is 5.89. The van der Waals surface area contributed by atoms with Crippen molar-refractivity contribution in [2.45, 2.75) is 20.0 Å². The first-order valence-electron chi connectivity index (χ1n) is 8.52. The van der Waals surface area contributed by atoms with Crippen molar-refractivity contribution in [1.82, 2.24) is 10.2 Å². The lowest BCUT2D eigenvalue weighted by atomic mass is 10.2. The quantitative estimate of drug-likeness (QED) is 0.581. The molecule has 0 aliphatic rings. The van der Waals surface area contributed by atoms with Crippen LogP contribution in [0.25, 0.3) is 11.5 Å². The number of nitrogens with zero attached hydrogens (tertiary/aromatic N) is 2. The maximum Gasteiger partial charge on any atom is 0.338 e. The monoisotopic (exact) mass is 368 g/mol. The summed E-state index contributed by atoms with van der Waals surface area (Å²) >= 11 is 0. The van der Waals surface area contributed by atoms with E-state index in [1.165, 1.54) is 0 Å². The van der Waals surface area contributed by atoms with E-state index in [9.17, 15) is 4.79 Å². The van der Waals surface area contributed by atoms with Gasteiger partial charge in [0.05, 0.1) is 19.3 Å². The molecule has 0 radical (unpaired) electrons. The average molecular weight is 368 g/mol. The Bertz CT molecular complexity index is 887. The number of hydrogen-bond acceptors (Lipinski definition) is 7. The van der Waals surface area contributed by atoms with Crippen LogP contribution >= 0.6 is 0 Å². The van der Waals surface area contributed by atoms with Gasteiger partial charge in [0.1, 0.15) is 11.5 Å². The summed E-state index contributed by atoms with van der Waals surface area (Å²) in [4.78, 5) is 12.3. The summed E-state index contributed by atoms with van der Waals surface area (Å²) in [5.74, 6) is 1.52. The lowest BCUT2D eigenvalue weighted by Gasteiger charge is -2.10.